The summed E-state index contributed by atoms with van der Waals surface area (Å²) in [5.74, 6) is -3.41. The molecule has 3 amide bonds. The zero-order valence-corrected chi connectivity index (χ0v) is 23.4. The fourth-order valence-corrected chi connectivity index (χ4v) is 5.06. The molecular weight excluding hydrogens is 540 g/mol. The number of esters is 1. The molecule has 42 heavy (non-hydrogen) atoms. The lowest BCUT2D eigenvalue weighted by Gasteiger charge is -2.24. The van der Waals surface area contributed by atoms with Crippen molar-refractivity contribution in [1.82, 2.24) is 10.4 Å². The number of rotatable bonds is 8. The normalized spacial score (nSPS) is 14.5. The van der Waals surface area contributed by atoms with E-state index in [1.165, 1.54) is 12.1 Å². The van der Waals surface area contributed by atoms with Crippen LogP contribution in [0, 0.1) is 0 Å². The Morgan fingerprint density at radius 3 is 1.83 bits per heavy atom. The molecule has 1 aliphatic heterocycles. The third-order valence-corrected chi connectivity index (χ3v) is 6.91. The van der Waals surface area contributed by atoms with Gasteiger partial charge < -0.3 is 19.6 Å². The minimum absolute atomic E-state index is 0.0304. The van der Waals surface area contributed by atoms with Crippen LogP contribution in [0.5, 0.6) is 0 Å². The van der Waals surface area contributed by atoms with Gasteiger partial charge in [-0.1, -0.05) is 65.7 Å². The van der Waals surface area contributed by atoms with Gasteiger partial charge in [0.25, 0.3) is 11.8 Å². The van der Waals surface area contributed by atoms with Crippen molar-refractivity contribution in [3.63, 3.8) is 0 Å². The first-order chi connectivity index (χ1) is 20.0. The number of hydroxylamine groups is 2. The van der Waals surface area contributed by atoms with Crippen molar-refractivity contribution in [2.45, 2.75) is 51.2 Å². The lowest BCUT2D eigenvalue weighted by atomic mass is 9.98. The second kappa shape index (κ2) is 11.5. The van der Waals surface area contributed by atoms with E-state index in [2.05, 4.69) is 5.32 Å². The average Bonchev–Trinajstić information content (AvgIpc) is 3.40. The van der Waals surface area contributed by atoms with Crippen LogP contribution in [0.4, 0.5) is 4.79 Å². The third-order valence-electron chi connectivity index (χ3n) is 6.91. The summed E-state index contributed by atoms with van der Waals surface area (Å²) in [7, 11) is 0. The monoisotopic (exact) mass is 570 g/mol. The second-order valence-corrected chi connectivity index (χ2v) is 11.0. The van der Waals surface area contributed by atoms with Crippen LogP contribution in [0.15, 0.2) is 72.8 Å². The number of alkyl carbamates (subject to hydrolysis) is 1. The van der Waals surface area contributed by atoms with Gasteiger partial charge in [-0.25, -0.2) is 14.4 Å². The number of carbonyl (C=O) groups is 5. The number of hydrogen-bond donors (Lipinski definition) is 1. The van der Waals surface area contributed by atoms with Crippen molar-refractivity contribution in [2.24, 2.45) is 0 Å². The number of benzene rings is 3. The first-order valence-corrected chi connectivity index (χ1v) is 13.6. The van der Waals surface area contributed by atoms with Crippen LogP contribution in [0.3, 0.4) is 0 Å². The summed E-state index contributed by atoms with van der Waals surface area (Å²) in [6, 6.07) is 20.6. The molecule has 1 heterocycles. The molecule has 0 radical (unpaired) electrons. The Balaban J connectivity index is 1.22. The van der Waals surface area contributed by atoms with Gasteiger partial charge in [0.2, 0.25) is 0 Å². The topological polar surface area (TPSA) is 128 Å². The second-order valence-electron chi connectivity index (χ2n) is 11.0. The Labute approximate surface area is 242 Å². The highest BCUT2D eigenvalue weighted by Crippen LogP contribution is 2.44. The quantitative estimate of drug-likeness (QED) is 0.303. The van der Waals surface area contributed by atoms with Crippen LogP contribution >= 0.6 is 0 Å². The van der Waals surface area contributed by atoms with Crippen molar-refractivity contribution in [3.8, 4) is 11.1 Å². The molecule has 216 valence electrons. The van der Waals surface area contributed by atoms with Crippen LogP contribution in [0.2, 0.25) is 0 Å². The molecule has 1 N–H and O–H groups in total. The number of amides is 3. The van der Waals surface area contributed by atoms with Crippen LogP contribution < -0.4 is 5.32 Å². The minimum Gasteiger partial charge on any atom is -0.458 e. The summed E-state index contributed by atoms with van der Waals surface area (Å²) >= 11 is 0. The van der Waals surface area contributed by atoms with Gasteiger partial charge in [0.05, 0.1) is 17.5 Å². The highest BCUT2D eigenvalue weighted by molar-refractivity contribution is 6.20. The lowest BCUT2D eigenvalue weighted by Crippen LogP contribution is -2.45. The first kappa shape index (κ1) is 28.5. The van der Waals surface area contributed by atoms with Gasteiger partial charge in [-0.05, 0) is 61.6 Å². The zero-order valence-electron chi connectivity index (χ0n) is 23.4. The highest BCUT2D eigenvalue weighted by Gasteiger charge is 2.39. The lowest BCUT2D eigenvalue weighted by molar-refractivity contribution is -0.169. The number of nitrogens with zero attached hydrogens (tertiary/aromatic N) is 1. The molecule has 0 aromatic heterocycles. The Kier molecular flexibility index (Phi) is 7.80. The van der Waals surface area contributed by atoms with E-state index in [0.717, 1.165) is 22.3 Å². The molecule has 3 aromatic carbocycles. The van der Waals surface area contributed by atoms with E-state index >= 15 is 0 Å². The highest BCUT2D eigenvalue weighted by atomic mass is 16.7. The standard InChI is InChI=1S/C32H30N2O8/c1-32(2,3)41-30(38)26(16-17-27(35)42-34-28(36)23-14-8-9-15-24(23)29(34)37)33-31(39)40-18-25-21-12-6-4-10-19(21)20-11-5-7-13-22(20)25/h4-15,25-26H,16-18H2,1-3H3,(H,33,39). The molecule has 10 nitrogen and oxygen atoms in total. The van der Waals surface area contributed by atoms with E-state index in [0.29, 0.717) is 5.06 Å². The summed E-state index contributed by atoms with van der Waals surface area (Å²) in [5, 5.41) is 2.90. The SMILES string of the molecule is CC(C)(C)OC(=O)C(CCC(=O)ON1C(=O)c2ccccc2C1=O)NC(=O)OCC1c2ccccc2-c2ccccc21. The van der Waals surface area contributed by atoms with Crippen molar-refractivity contribution < 1.29 is 38.3 Å². The molecule has 5 rings (SSSR count). The van der Waals surface area contributed by atoms with Gasteiger partial charge in [0.1, 0.15) is 18.2 Å². The van der Waals surface area contributed by atoms with E-state index in [1.807, 2.05) is 48.5 Å². The van der Waals surface area contributed by atoms with Crippen LogP contribution in [-0.2, 0) is 23.9 Å². The molecule has 0 saturated carbocycles. The van der Waals surface area contributed by atoms with Crippen LogP contribution in [0.1, 0.15) is 71.4 Å². The molecule has 1 unspecified atom stereocenters. The van der Waals surface area contributed by atoms with Crippen LogP contribution in [-0.4, -0.2) is 53.2 Å². The van der Waals surface area contributed by atoms with Crippen molar-refractivity contribution in [3.05, 3.63) is 95.1 Å². The fraction of sp³-hybridized carbons (Fsp3) is 0.281. The number of ether oxygens (including phenoxy) is 2. The van der Waals surface area contributed by atoms with E-state index in [4.69, 9.17) is 14.3 Å². The van der Waals surface area contributed by atoms with Gasteiger partial charge in [-0.15, -0.1) is 0 Å². The largest absolute Gasteiger partial charge is 0.458 e. The smallest absolute Gasteiger partial charge is 0.407 e. The van der Waals surface area contributed by atoms with Gasteiger partial charge in [-0.3, -0.25) is 9.59 Å². The number of nitrogens with one attached hydrogen (secondary N) is 1. The number of carbonyl (C=O) groups excluding carboxylic acids is 5. The van der Waals surface area contributed by atoms with Gasteiger partial charge in [0.15, 0.2) is 0 Å². The van der Waals surface area contributed by atoms with Crippen molar-refractivity contribution in [1.29, 1.82) is 0 Å². The third kappa shape index (κ3) is 5.88. The predicted molar refractivity (Wildman–Crippen MR) is 150 cm³/mol. The minimum atomic E-state index is -1.25. The van der Waals surface area contributed by atoms with Crippen molar-refractivity contribution in [2.75, 3.05) is 6.61 Å². The molecule has 1 atom stereocenters. The maximum atomic E-state index is 12.9. The zero-order chi connectivity index (χ0) is 30.0. The molecule has 2 aliphatic rings. The molecule has 3 aromatic rings. The number of hydrogen-bond acceptors (Lipinski definition) is 8. The molecule has 10 heteroatoms. The Morgan fingerprint density at radius 2 is 1.31 bits per heavy atom. The summed E-state index contributed by atoms with van der Waals surface area (Å²) in [4.78, 5) is 68.5. The summed E-state index contributed by atoms with van der Waals surface area (Å²) in [6.07, 6.45) is -1.48. The number of imide groups is 1. The van der Waals surface area contributed by atoms with Crippen molar-refractivity contribution >= 4 is 29.8 Å². The molecule has 0 bridgehead atoms. The summed E-state index contributed by atoms with van der Waals surface area (Å²) in [5.41, 5.74) is 3.60. The molecule has 0 spiro atoms. The van der Waals surface area contributed by atoms with Gasteiger partial charge in [0, 0.05) is 5.92 Å². The van der Waals surface area contributed by atoms with E-state index < -0.39 is 47.9 Å². The Morgan fingerprint density at radius 1 is 0.810 bits per heavy atom. The average molecular weight is 571 g/mol. The fourth-order valence-electron chi connectivity index (χ4n) is 5.06. The maximum Gasteiger partial charge on any atom is 0.407 e. The van der Waals surface area contributed by atoms with Crippen LogP contribution in [0.25, 0.3) is 11.1 Å². The Bertz CT molecular complexity index is 1490. The molecule has 0 fully saturated rings. The van der Waals surface area contributed by atoms with Gasteiger partial charge >= 0.3 is 18.0 Å². The first-order valence-electron chi connectivity index (χ1n) is 13.6. The summed E-state index contributed by atoms with van der Waals surface area (Å²) in [6.45, 7) is 5.05. The maximum absolute atomic E-state index is 12.9. The number of fused-ring (bicyclic) bond motifs is 4. The van der Waals surface area contributed by atoms with E-state index in [9.17, 15) is 24.0 Å². The summed E-state index contributed by atoms with van der Waals surface area (Å²) < 4.78 is 11.0. The van der Waals surface area contributed by atoms with E-state index in [-0.39, 0.29) is 30.1 Å². The molecular formula is C32H30N2O8. The molecule has 1 aliphatic carbocycles. The van der Waals surface area contributed by atoms with Gasteiger partial charge in [-0.2, -0.15) is 0 Å². The molecule has 0 saturated heterocycles. The Hall–Kier alpha value is -4.99. The predicted octanol–water partition coefficient (Wildman–Crippen LogP) is 4.77. The van der Waals surface area contributed by atoms with E-state index in [1.54, 1.807) is 32.9 Å².